The molecule has 0 amide bonds. The van der Waals surface area contributed by atoms with Gasteiger partial charge < -0.3 is 5.11 Å². The van der Waals surface area contributed by atoms with Gasteiger partial charge in [0.2, 0.25) is 0 Å². The van der Waals surface area contributed by atoms with Gasteiger partial charge in [-0.2, -0.15) is 0 Å². The number of rotatable bonds is 2. The first-order valence-corrected chi connectivity index (χ1v) is 6.05. The zero-order chi connectivity index (χ0) is 10.9. The van der Waals surface area contributed by atoms with Crippen LogP contribution in [0.3, 0.4) is 0 Å². The smallest absolute Gasteiger partial charge is 0.137 e. The summed E-state index contributed by atoms with van der Waals surface area (Å²) in [4.78, 5) is 0. The summed E-state index contributed by atoms with van der Waals surface area (Å²) in [5, 5.41) is 10.2. The Morgan fingerprint density at radius 2 is 2.00 bits per heavy atom. The first-order valence-electron chi connectivity index (χ1n) is 5.26. The van der Waals surface area contributed by atoms with E-state index in [0.717, 1.165) is 31.2 Å². The monoisotopic (exact) mass is 272 g/mol. The molecular formula is C12H14BrFO. The molecule has 1 fully saturated rings. The van der Waals surface area contributed by atoms with Crippen molar-refractivity contribution in [3.05, 3.63) is 34.1 Å². The highest BCUT2D eigenvalue weighted by molar-refractivity contribution is 9.10. The SMILES string of the molecule is OC1(Cc2cccc(F)c2Br)CCCC1. The molecule has 0 unspecified atom stereocenters. The molecule has 82 valence electrons. The quantitative estimate of drug-likeness (QED) is 0.875. The predicted molar refractivity (Wildman–Crippen MR) is 61.2 cm³/mol. The maximum Gasteiger partial charge on any atom is 0.137 e. The first-order chi connectivity index (χ1) is 7.11. The molecule has 0 aromatic heterocycles. The summed E-state index contributed by atoms with van der Waals surface area (Å²) in [6, 6.07) is 4.98. The lowest BCUT2D eigenvalue weighted by Gasteiger charge is -2.22. The van der Waals surface area contributed by atoms with E-state index in [9.17, 15) is 9.50 Å². The van der Waals surface area contributed by atoms with Gasteiger partial charge in [-0.05, 0) is 40.4 Å². The molecule has 2 rings (SSSR count). The Hall–Kier alpha value is -0.410. The summed E-state index contributed by atoms with van der Waals surface area (Å²) in [5.74, 6) is -0.255. The second kappa shape index (κ2) is 4.22. The van der Waals surface area contributed by atoms with Gasteiger partial charge in [0.05, 0.1) is 10.1 Å². The predicted octanol–water partition coefficient (Wildman–Crippen LogP) is 3.44. The fourth-order valence-corrected chi connectivity index (χ4v) is 2.65. The fraction of sp³-hybridized carbons (Fsp3) is 0.500. The highest BCUT2D eigenvalue weighted by atomic mass is 79.9. The minimum atomic E-state index is -0.615. The van der Waals surface area contributed by atoms with Crippen LogP contribution in [-0.4, -0.2) is 10.7 Å². The summed E-state index contributed by atoms with van der Waals surface area (Å²) < 4.78 is 13.7. The average molecular weight is 273 g/mol. The molecule has 3 heteroatoms. The third-order valence-electron chi connectivity index (χ3n) is 3.09. The van der Waals surface area contributed by atoms with Crippen LogP contribution in [0.25, 0.3) is 0 Å². The van der Waals surface area contributed by atoms with Gasteiger partial charge in [-0.3, -0.25) is 0 Å². The van der Waals surface area contributed by atoms with Gasteiger partial charge in [0.15, 0.2) is 0 Å². The highest BCUT2D eigenvalue weighted by Gasteiger charge is 2.31. The van der Waals surface area contributed by atoms with Crippen molar-refractivity contribution in [1.29, 1.82) is 0 Å². The van der Waals surface area contributed by atoms with Gasteiger partial charge in [-0.1, -0.05) is 25.0 Å². The van der Waals surface area contributed by atoms with Crippen molar-refractivity contribution < 1.29 is 9.50 Å². The number of aliphatic hydroxyl groups is 1. The molecule has 0 heterocycles. The fourth-order valence-electron chi connectivity index (χ4n) is 2.25. The van der Waals surface area contributed by atoms with Crippen LogP contribution in [0.4, 0.5) is 4.39 Å². The minimum Gasteiger partial charge on any atom is -0.390 e. The lowest BCUT2D eigenvalue weighted by Crippen LogP contribution is -2.27. The number of benzene rings is 1. The summed E-state index contributed by atoms with van der Waals surface area (Å²) in [7, 11) is 0. The first kappa shape index (κ1) is 11.1. The van der Waals surface area contributed by atoms with Crippen LogP contribution in [-0.2, 0) is 6.42 Å². The van der Waals surface area contributed by atoms with Gasteiger partial charge in [-0.25, -0.2) is 4.39 Å². The van der Waals surface area contributed by atoms with Crippen LogP contribution in [0.2, 0.25) is 0 Å². The molecule has 0 bridgehead atoms. The Morgan fingerprint density at radius 1 is 1.33 bits per heavy atom. The van der Waals surface area contributed by atoms with Gasteiger partial charge >= 0.3 is 0 Å². The standard InChI is InChI=1S/C12H14BrFO/c13-11-9(4-3-5-10(11)14)8-12(15)6-1-2-7-12/h3-5,15H,1-2,6-8H2. The van der Waals surface area contributed by atoms with E-state index < -0.39 is 5.60 Å². The van der Waals surface area contributed by atoms with E-state index in [2.05, 4.69) is 15.9 Å². The number of halogens is 2. The Labute approximate surface area is 97.4 Å². The van der Waals surface area contributed by atoms with Crippen LogP contribution in [0.15, 0.2) is 22.7 Å². The minimum absolute atomic E-state index is 0.255. The Kier molecular flexibility index (Phi) is 3.12. The molecule has 1 nitrogen and oxygen atoms in total. The van der Waals surface area contributed by atoms with Crippen LogP contribution in [0, 0.1) is 5.82 Å². The summed E-state index contributed by atoms with van der Waals surface area (Å²) in [6.07, 6.45) is 4.35. The average Bonchev–Trinajstić information content (AvgIpc) is 2.60. The number of hydrogen-bond donors (Lipinski definition) is 1. The van der Waals surface area contributed by atoms with E-state index in [0.29, 0.717) is 10.9 Å². The van der Waals surface area contributed by atoms with Crippen molar-refractivity contribution in [2.75, 3.05) is 0 Å². The highest BCUT2D eigenvalue weighted by Crippen LogP contribution is 2.34. The molecule has 1 N–H and O–H groups in total. The van der Waals surface area contributed by atoms with E-state index in [1.165, 1.54) is 6.07 Å². The Bertz CT molecular complexity index is 359. The van der Waals surface area contributed by atoms with Crippen LogP contribution in [0.5, 0.6) is 0 Å². The van der Waals surface area contributed by atoms with Crippen LogP contribution < -0.4 is 0 Å². The van der Waals surface area contributed by atoms with Crippen molar-refractivity contribution in [3.63, 3.8) is 0 Å². The molecule has 0 saturated heterocycles. The van der Waals surface area contributed by atoms with E-state index in [1.807, 2.05) is 6.07 Å². The molecule has 0 atom stereocenters. The van der Waals surface area contributed by atoms with Gasteiger partial charge in [0, 0.05) is 6.42 Å². The van der Waals surface area contributed by atoms with Crippen molar-refractivity contribution in [1.82, 2.24) is 0 Å². The molecule has 0 aliphatic heterocycles. The van der Waals surface area contributed by atoms with Crippen LogP contribution >= 0.6 is 15.9 Å². The second-order valence-electron chi connectivity index (χ2n) is 4.32. The van der Waals surface area contributed by atoms with E-state index in [-0.39, 0.29) is 5.82 Å². The summed E-state index contributed by atoms with van der Waals surface area (Å²) >= 11 is 3.23. The van der Waals surface area contributed by atoms with Gasteiger partial charge in [0.1, 0.15) is 5.82 Å². The van der Waals surface area contributed by atoms with Crippen molar-refractivity contribution in [2.45, 2.75) is 37.7 Å². The zero-order valence-electron chi connectivity index (χ0n) is 8.47. The maximum atomic E-state index is 13.2. The third kappa shape index (κ3) is 2.40. The molecule has 15 heavy (non-hydrogen) atoms. The van der Waals surface area contributed by atoms with E-state index in [1.54, 1.807) is 6.07 Å². The van der Waals surface area contributed by atoms with E-state index in [4.69, 9.17) is 0 Å². The lowest BCUT2D eigenvalue weighted by atomic mass is 9.93. The molecule has 0 radical (unpaired) electrons. The normalized spacial score (nSPS) is 19.4. The molecule has 1 aliphatic rings. The molecule has 1 aliphatic carbocycles. The Morgan fingerprint density at radius 3 is 2.67 bits per heavy atom. The summed E-state index contributed by atoms with van der Waals surface area (Å²) in [6.45, 7) is 0. The molecule has 1 aromatic rings. The summed E-state index contributed by atoms with van der Waals surface area (Å²) in [5.41, 5.74) is 0.246. The number of hydrogen-bond acceptors (Lipinski definition) is 1. The second-order valence-corrected chi connectivity index (χ2v) is 5.11. The molecular weight excluding hydrogens is 259 g/mol. The third-order valence-corrected chi connectivity index (χ3v) is 3.97. The van der Waals surface area contributed by atoms with Crippen molar-refractivity contribution in [2.24, 2.45) is 0 Å². The van der Waals surface area contributed by atoms with Crippen molar-refractivity contribution >= 4 is 15.9 Å². The topological polar surface area (TPSA) is 20.2 Å². The van der Waals surface area contributed by atoms with Gasteiger partial charge in [0.25, 0.3) is 0 Å². The van der Waals surface area contributed by atoms with Gasteiger partial charge in [-0.15, -0.1) is 0 Å². The molecule has 0 spiro atoms. The Balaban J connectivity index is 2.20. The largest absolute Gasteiger partial charge is 0.390 e. The lowest BCUT2D eigenvalue weighted by molar-refractivity contribution is 0.0479. The molecule has 1 aromatic carbocycles. The maximum absolute atomic E-state index is 13.2. The van der Waals surface area contributed by atoms with Crippen molar-refractivity contribution in [3.8, 4) is 0 Å². The zero-order valence-corrected chi connectivity index (χ0v) is 10.1. The van der Waals surface area contributed by atoms with Crippen LogP contribution in [0.1, 0.15) is 31.2 Å². The molecule has 1 saturated carbocycles. The van der Waals surface area contributed by atoms with E-state index >= 15 is 0 Å².